The van der Waals surface area contributed by atoms with Crippen LogP contribution in [-0.2, 0) is 0 Å². The molecule has 0 bridgehead atoms. The number of aromatic nitrogens is 2. The third-order valence-electron chi connectivity index (χ3n) is 2.90. The summed E-state index contributed by atoms with van der Waals surface area (Å²) in [6.45, 7) is 5.49. The lowest BCUT2D eigenvalue weighted by Crippen LogP contribution is -2.09. The molecule has 0 fully saturated rings. The molecule has 1 aromatic heterocycles. The van der Waals surface area contributed by atoms with Gasteiger partial charge < -0.3 is 5.11 Å². The lowest BCUT2D eigenvalue weighted by Gasteiger charge is -2.10. The predicted molar refractivity (Wildman–Crippen MR) is 73.2 cm³/mol. The van der Waals surface area contributed by atoms with Crippen LogP contribution in [0.25, 0.3) is 11.4 Å². The Morgan fingerprint density at radius 1 is 1.30 bits per heavy atom. The number of benzene rings is 1. The van der Waals surface area contributed by atoms with E-state index in [0.29, 0.717) is 17.1 Å². The number of carbonyl (C=O) groups is 1. The smallest absolute Gasteiger partial charge is 0.339 e. The second-order valence-corrected chi connectivity index (χ2v) is 4.97. The number of hydrogen-bond donors (Lipinski definition) is 1. The normalized spacial score (nSPS) is 10.8. The summed E-state index contributed by atoms with van der Waals surface area (Å²) in [6, 6.07) is 4.52. The molecular weight excluding hydrogens is 259 g/mol. The Morgan fingerprint density at radius 2 is 2.00 bits per heavy atom. The fourth-order valence-corrected chi connectivity index (χ4v) is 2.00. The Hall–Kier alpha value is -2.30. The molecule has 2 rings (SSSR count). The van der Waals surface area contributed by atoms with E-state index in [-0.39, 0.29) is 17.3 Å². The van der Waals surface area contributed by atoms with Crippen LogP contribution >= 0.6 is 0 Å². The summed E-state index contributed by atoms with van der Waals surface area (Å²) in [6.07, 6.45) is 1.28. The van der Waals surface area contributed by atoms with Crippen molar-refractivity contribution in [2.45, 2.75) is 26.7 Å². The first-order chi connectivity index (χ1) is 9.38. The summed E-state index contributed by atoms with van der Waals surface area (Å²) >= 11 is 0. The summed E-state index contributed by atoms with van der Waals surface area (Å²) in [4.78, 5) is 19.5. The molecule has 1 heterocycles. The number of aromatic carboxylic acids is 1. The maximum absolute atomic E-state index is 13.4. The maximum Gasteiger partial charge on any atom is 0.339 e. The van der Waals surface area contributed by atoms with E-state index in [1.807, 2.05) is 13.8 Å². The van der Waals surface area contributed by atoms with Crippen molar-refractivity contribution in [2.24, 2.45) is 0 Å². The monoisotopic (exact) mass is 274 g/mol. The van der Waals surface area contributed by atoms with Gasteiger partial charge in [0, 0.05) is 11.8 Å². The van der Waals surface area contributed by atoms with Gasteiger partial charge in [0.15, 0.2) is 5.82 Å². The van der Waals surface area contributed by atoms with Gasteiger partial charge in [0.25, 0.3) is 0 Å². The zero-order valence-corrected chi connectivity index (χ0v) is 11.5. The molecule has 0 aliphatic rings. The molecule has 4 nitrogen and oxygen atoms in total. The van der Waals surface area contributed by atoms with E-state index in [1.54, 1.807) is 13.0 Å². The van der Waals surface area contributed by atoms with Gasteiger partial charge in [-0.15, -0.1) is 0 Å². The molecule has 0 amide bonds. The lowest BCUT2D eigenvalue weighted by atomic mass is 10.0. The summed E-state index contributed by atoms with van der Waals surface area (Å²) in [7, 11) is 0. The van der Waals surface area contributed by atoms with Crippen LogP contribution in [0.4, 0.5) is 4.39 Å². The molecule has 0 aliphatic heterocycles. The van der Waals surface area contributed by atoms with Gasteiger partial charge in [-0.2, -0.15) is 0 Å². The fourth-order valence-electron chi connectivity index (χ4n) is 2.00. The van der Waals surface area contributed by atoms with Gasteiger partial charge in [0.2, 0.25) is 0 Å². The van der Waals surface area contributed by atoms with Gasteiger partial charge in [-0.25, -0.2) is 19.2 Å². The molecule has 0 saturated carbocycles. The van der Waals surface area contributed by atoms with E-state index in [9.17, 15) is 9.18 Å². The molecule has 0 aliphatic carbocycles. The van der Waals surface area contributed by atoms with Crippen LogP contribution in [0.15, 0.2) is 24.4 Å². The minimum absolute atomic E-state index is 0.0579. The second-order valence-electron chi connectivity index (χ2n) is 4.97. The van der Waals surface area contributed by atoms with E-state index in [2.05, 4.69) is 9.97 Å². The van der Waals surface area contributed by atoms with Crippen LogP contribution in [-0.4, -0.2) is 21.0 Å². The van der Waals surface area contributed by atoms with Gasteiger partial charge in [-0.05, 0) is 36.6 Å². The molecule has 1 N–H and O–H groups in total. The molecule has 0 unspecified atom stereocenters. The van der Waals surface area contributed by atoms with Gasteiger partial charge >= 0.3 is 5.97 Å². The topological polar surface area (TPSA) is 63.1 Å². The van der Waals surface area contributed by atoms with E-state index >= 15 is 0 Å². The van der Waals surface area contributed by atoms with Crippen LogP contribution < -0.4 is 0 Å². The molecule has 5 heteroatoms. The van der Waals surface area contributed by atoms with Crippen molar-refractivity contribution in [3.8, 4) is 11.4 Å². The lowest BCUT2D eigenvalue weighted by molar-refractivity contribution is 0.0694. The third-order valence-corrected chi connectivity index (χ3v) is 2.90. The Labute approximate surface area is 116 Å². The first-order valence-electron chi connectivity index (χ1n) is 6.26. The Balaban J connectivity index is 2.58. The van der Waals surface area contributed by atoms with Gasteiger partial charge in [-0.3, -0.25) is 0 Å². The first-order valence-corrected chi connectivity index (χ1v) is 6.26. The number of carboxylic acids is 1. The van der Waals surface area contributed by atoms with Crippen molar-refractivity contribution in [2.75, 3.05) is 0 Å². The number of hydrogen-bond acceptors (Lipinski definition) is 3. The van der Waals surface area contributed by atoms with E-state index < -0.39 is 5.97 Å². The van der Waals surface area contributed by atoms with Crippen molar-refractivity contribution < 1.29 is 14.3 Å². The number of halogens is 1. The van der Waals surface area contributed by atoms with Crippen molar-refractivity contribution in [3.63, 3.8) is 0 Å². The third kappa shape index (κ3) is 2.82. The number of carboxylic acid groups (broad SMARTS) is 1. The molecule has 104 valence electrons. The molecule has 1 aromatic carbocycles. The molecule has 0 spiro atoms. The van der Waals surface area contributed by atoms with E-state index in [0.717, 1.165) is 5.56 Å². The molecule has 0 atom stereocenters. The molecule has 0 radical (unpaired) electrons. The number of aryl methyl sites for hydroxylation is 1. The van der Waals surface area contributed by atoms with Crippen molar-refractivity contribution in [3.05, 3.63) is 47.0 Å². The summed E-state index contributed by atoms with van der Waals surface area (Å²) < 4.78 is 13.4. The van der Waals surface area contributed by atoms with E-state index in [4.69, 9.17) is 5.11 Å². The minimum Gasteiger partial charge on any atom is -0.478 e. The maximum atomic E-state index is 13.4. The fraction of sp³-hybridized carbons (Fsp3) is 0.267. The SMILES string of the molecule is Cc1cc(F)cc(-c2ncc(C(=O)O)c(C(C)C)n2)c1. The Morgan fingerprint density at radius 3 is 2.55 bits per heavy atom. The Kier molecular flexibility index (Phi) is 3.79. The molecule has 0 saturated heterocycles. The highest BCUT2D eigenvalue weighted by Crippen LogP contribution is 2.23. The van der Waals surface area contributed by atoms with Crippen LogP contribution in [0.5, 0.6) is 0 Å². The van der Waals surface area contributed by atoms with Gasteiger partial charge in [0.1, 0.15) is 5.82 Å². The highest BCUT2D eigenvalue weighted by molar-refractivity contribution is 5.88. The standard InChI is InChI=1S/C15H15FN2O2/c1-8(2)13-12(15(19)20)7-17-14(18-13)10-4-9(3)5-11(16)6-10/h4-8H,1-3H3,(H,19,20). The van der Waals surface area contributed by atoms with Crippen LogP contribution in [0.1, 0.15) is 41.4 Å². The first kappa shape index (κ1) is 14.1. The second kappa shape index (κ2) is 5.36. The summed E-state index contributed by atoms with van der Waals surface area (Å²) in [5.74, 6) is -1.15. The number of rotatable bonds is 3. The van der Waals surface area contributed by atoms with Crippen LogP contribution in [0, 0.1) is 12.7 Å². The quantitative estimate of drug-likeness (QED) is 0.931. The Bertz CT molecular complexity index is 649. The zero-order chi connectivity index (χ0) is 14.9. The van der Waals surface area contributed by atoms with Gasteiger partial charge in [0.05, 0.1) is 11.3 Å². The molecule has 20 heavy (non-hydrogen) atoms. The van der Waals surface area contributed by atoms with Crippen LogP contribution in [0.2, 0.25) is 0 Å². The summed E-state index contributed by atoms with van der Waals surface area (Å²) in [5.41, 5.74) is 1.83. The minimum atomic E-state index is -1.06. The van der Waals surface area contributed by atoms with Crippen molar-refractivity contribution >= 4 is 5.97 Å². The predicted octanol–water partition coefficient (Wildman–Crippen LogP) is 3.41. The summed E-state index contributed by atoms with van der Waals surface area (Å²) in [5, 5.41) is 9.12. The molecule has 2 aromatic rings. The van der Waals surface area contributed by atoms with Gasteiger partial charge in [-0.1, -0.05) is 13.8 Å². The van der Waals surface area contributed by atoms with Crippen LogP contribution in [0.3, 0.4) is 0 Å². The highest BCUT2D eigenvalue weighted by Gasteiger charge is 2.17. The average Bonchev–Trinajstić information content (AvgIpc) is 2.36. The zero-order valence-electron chi connectivity index (χ0n) is 11.5. The highest BCUT2D eigenvalue weighted by atomic mass is 19.1. The van der Waals surface area contributed by atoms with E-state index in [1.165, 1.54) is 18.3 Å². The number of nitrogens with zero attached hydrogens (tertiary/aromatic N) is 2. The van der Waals surface area contributed by atoms with Crippen molar-refractivity contribution in [1.29, 1.82) is 0 Å². The average molecular weight is 274 g/mol. The largest absolute Gasteiger partial charge is 0.478 e. The molecular formula is C15H15FN2O2. The van der Waals surface area contributed by atoms with Crippen molar-refractivity contribution in [1.82, 2.24) is 9.97 Å².